The number of carbonyl (C=O) groups is 2. The van der Waals surface area contributed by atoms with Crippen LogP contribution in [0.5, 0.6) is 0 Å². The van der Waals surface area contributed by atoms with E-state index in [2.05, 4.69) is 5.32 Å². The summed E-state index contributed by atoms with van der Waals surface area (Å²) in [4.78, 5) is 30.7. The minimum atomic E-state index is -4.22. The Hall–Kier alpha value is -4.14. The van der Waals surface area contributed by atoms with E-state index < -0.39 is 28.5 Å². The molecule has 0 unspecified atom stereocenters. The highest BCUT2D eigenvalue weighted by atomic mass is 35.5. The fourth-order valence-corrected chi connectivity index (χ4v) is 7.91. The van der Waals surface area contributed by atoms with Crippen molar-refractivity contribution in [3.05, 3.63) is 130 Å². The van der Waals surface area contributed by atoms with Gasteiger partial charge in [-0.15, -0.1) is 0 Å². The molecule has 0 aliphatic heterocycles. The summed E-state index contributed by atoms with van der Waals surface area (Å²) in [5, 5.41) is 3.60. The predicted molar refractivity (Wildman–Crippen MR) is 193 cm³/mol. The molecular weight excluding hydrogens is 642 g/mol. The Bertz CT molecular complexity index is 1820. The summed E-state index contributed by atoms with van der Waals surface area (Å²) in [6, 6.07) is 28.1. The summed E-state index contributed by atoms with van der Waals surface area (Å²) in [6.45, 7) is 5.25. The Morgan fingerprint density at radius 3 is 2.19 bits per heavy atom. The Morgan fingerprint density at radius 1 is 0.833 bits per heavy atom. The molecule has 1 fully saturated rings. The van der Waals surface area contributed by atoms with Crippen molar-refractivity contribution >= 4 is 39.1 Å². The summed E-state index contributed by atoms with van der Waals surface area (Å²) < 4.78 is 29.9. The lowest BCUT2D eigenvalue weighted by molar-refractivity contribution is -0.140. The van der Waals surface area contributed by atoms with Crippen LogP contribution in [0.15, 0.2) is 102 Å². The molecule has 1 saturated carbocycles. The van der Waals surface area contributed by atoms with E-state index in [1.54, 1.807) is 54.3 Å². The average molecular weight is 686 g/mol. The molecule has 2 amide bonds. The summed E-state index contributed by atoms with van der Waals surface area (Å²) in [6.07, 6.45) is 5.30. The van der Waals surface area contributed by atoms with E-state index in [-0.39, 0.29) is 29.8 Å². The highest BCUT2D eigenvalue weighted by Crippen LogP contribution is 2.30. The third-order valence-electron chi connectivity index (χ3n) is 9.15. The van der Waals surface area contributed by atoms with Gasteiger partial charge >= 0.3 is 0 Å². The number of hydrogen-bond acceptors (Lipinski definition) is 4. The van der Waals surface area contributed by atoms with E-state index in [0.29, 0.717) is 16.3 Å². The molecule has 252 valence electrons. The molecule has 9 heteroatoms. The van der Waals surface area contributed by atoms with E-state index in [0.717, 1.165) is 58.7 Å². The van der Waals surface area contributed by atoms with Gasteiger partial charge in [0, 0.05) is 24.0 Å². The number of hydrogen-bond donors (Lipinski definition) is 1. The smallest absolute Gasteiger partial charge is 0.264 e. The fourth-order valence-electron chi connectivity index (χ4n) is 6.27. The van der Waals surface area contributed by atoms with Crippen LogP contribution in [0.2, 0.25) is 5.02 Å². The third kappa shape index (κ3) is 8.65. The van der Waals surface area contributed by atoms with Crippen LogP contribution in [0.3, 0.4) is 0 Å². The highest BCUT2D eigenvalue weighted by Gasteiger charge is 2.36. The van der Waals surface area contributed by atoms with Crippen LogP contribution in [-0.4, -0.2) is 43.8 Å². The summed E-state index contributed by atoms with van der Waals surface area (Å²) in [5.41, 5.74) is 4.60. The first kappa shape index (κ1) is 35.2. The number of amides is 2. The van der Waals surface area contributed by atoms with Crippen molar-refractivity contribution in [1.29, 1.82) is 0 Å². The molecule has 1 aliphatic rings. The maximum Gasteiger partial charge on any atom is 0.264 e. The number of benzene rings is 4. The summed E-state index contributed by atoms with van der Waals surface area (Å²) in [7, 11) is -4.22. The Morgan fingerprint density at radius 2 is 1.50 bits per heavy atom. The molecule has 7 nitrogen and oxygen atoms in total. The van der Waals surface area contributed by atoms with Crippen LogP contribution < -0.4 is 9.62 Å². The van der Waals surface area contributed by atoms with Crippen LogP contribution >= 0.6 is 11.6 Å². The molecule has 0 heterocycles. The maximum absolute atomic E-state index is 14.8. The maximum atomic E-state index is 14.8. The van der Waals surface area contributed by atoms with Gasteiger partial charge in [-0.3, -0.25) is 13.9 Å². The van der Waals surface area contributed by atoms with Gasteiger partial charge in [0.15, 0.2) is 0 Å². The molecular formula is C39H44ClN3O4S. The van der Waals surface area contributed by atoms with Gasteiger partial charge in [-0.2, -0.15) is 0 Å². The van der Waals surface area contributed by atoms with Crippen molar-refractivity contribution in [2.45, 2.75) is 82.8 Å². The largest absolute Gasteiger partial charge is 0.352 e. The van der Waals surface area contributed by atoms with Gasteiger partial charge in [0.2, 0.25) is 11.8 Å². The number of anilines is 1. The van der Waals surface area contributed by atoms with Crippen LogP contribution in [0, 0.1) is 20.8 Å². The number of sulfonamides is 1. The zero-order chi connectivity index (χ0) is 34.3. The van der Waals surface area contributed by atoms with Gasteiger partial charge in [0.25, 0.3) is 10.0 Å². The second-order valence-electron chi connectivity index (χ2n) is 12.8. The molecule has 0 spiro atoms. The Kier molecular flexibility index (Phi) is 11.6. The van der Waals surface area contributed by atoms with Crippen LogP contribution in [0.4, 0.5) is 5.69 Å². The van der Waals surface area contributed by atoms with Crippen LogP contribution in [0.1, 0.15) is 59.9 Å². The molecule has 4 aromatic carbocycles. The molecule has 0 bridgehead atoms. The molecule has 5 rings (SSSR count). The van der Waals surface area contributed by atoms with E-state index in [1.165, 1.54) is 0 Å². The minimum absolute atomic E-state index is 0.0347. The summed E-state index contributed by atoms with van der Waals surface area (Å²) in [5.74, 6) is -0.729. The van der Waals surface area contributed by atoms with Gasteiger partial charge in [0.1, 0.15) is 12.6 Å². The first-order valence-electron chi connectivity index (χ1n) is 16.6. The molecule has 0 radical (unpaired) electrons. The highest BCUT2D eigenvalue weighted by molar-refractivity contribution is 7.92. The molecule has 1 atom stereocenters. The van der Waals surface area contributed by atoms with Gasteiger partial charge in [-0.05, 0) is 80.1 Å². The molecule has 48 heavy (non-hydrogen) atoms. The van der Waals surface area contributed by atoms with E-state index in [1.807, 2.05) is 68.4 Å². The number of halogens is 1. The average Bonchev–Trinajstić information content (AvgIpc) is 3.08. The predicted octanol–water partition coefficient (Wildman–Crippen LogP) is 7.55. The molecule has 0 aromatic heterocycles. The van der Waals surface area contributed by atoms with E-state index in [4.69, 9.17) is 11.6 Å². The van der Waals surface area contributed by atoms with Gasteiger partial charge in [0.05, 0.1) is 10.6 Å². The van der Waals surface area contributed by atoms with E-state index in [9.17, 15) is 18.0 Å². The van der Waals surface area contributed by atoms with Crippen LogP contribution in [0.25, 0.3) is 0 Å². The van der Waals surface area contributed by atoms with Crippen molar-refractivity contribution in [3.63, 3.8) is 0 Å². The van der Waals surface area contributed by atoms with Crippen molar-refractivity contribution in [2.24, 2.45) is 0 Å². The second kappa shape index (κ2) is 15.8. The Labute approximate surface area is 290 Å². The normalized spacial score (nSPS) is 14.2. The number of carbonyl (C=O) groups excluding carboxylic acids is 2. The monoisotopic (exact) mass is 685 g/mol. The fraction of sp³-hybridized carbons (Fsp3) is 0.333. The minimum Gasteiger partial charge on any atom is -0.352 e. The lowest BCUT2D eigenvalue weighted by atomic mass is 9.94. The first-order valence-corrected chi connectivity index (χ1v) is 18.4. The lowest BCUT2D eigenvalue weighted by Crippen LogP contribution is -2.55. The van der Waals surface area contributed by atoms with Gasteiger partial charge in [-0.1, -0.05) is 109 Å². The first-order chi connectivity index (χ1) is 23.0. The zero-order valence-corrected chi connectivity index (χ0v) is 29.4. The Balaban J connectivity index is 1.59. The second-order valence-corrected chi connectivity index (χ2v) is 15.1. The van der Waals surface area contributed by atoms with Gasteiger partial charge in [-0.25, -0.2) is 8.42 Å². The van der Waals surface area contributed by atoms with Crippen molar-refractivity contribution < 1.29 is 18.0 Å². The molecule has 4 aromatic rings. The quantitative estimate of drug-likeness (QED) is 0.167. The van der Waals surface area contributed by atoms with Crippen molar-refractivity contribution in [2.75, 3.05) is 10.8 Å². The van der Waals surface area contributed by atoms with Gasteiger partial charge < -0.3 is 10.2 Å². The topological polar surface area (TPSA) is 86.8 Å². The summed E-state index contributed by atoms with van der Waals surface area (Å²) >= 11 is 6.41. The number of rotatable bonds is 12. The lowest BCUT2D eigenvalue weighted by Gasteiger charge is -2.35. The number of nitrogens with zero attached hydrogens (tertiary/aromatic N) is 2. The number of nitrogens with one attached hydrogen (secondary N) is 1. The van der Waals surface area contributed by atoms with Crippen molar-refractivity contribution in [3.8, 4) is 0 Å². The van der Waals surface area contributed by atoms with Crippen LogP contribution in [-0.2, 0) is 32.6 Å². The number of aryl methyl sites for hydroxylation is 3. The molecule has 0 saturated heterocycles. The molecule has 1 N–H and O–H groups in total. The third-order valence-corrected chi connectivity index (χ3v) is 11.2. The molecule has 1 aliphatic carbocycles. The SMILES string of the molecule is Cc1ccc(S(=O)(=O)N(CC(=O)N(Cc2ccccc2C)[C@H](Cc2ccccc2)C(=O)NC2CCCCC2)c2cc(Cl)ccc2C)cc1. The van der Waals surface area contributed by atoms with E-state index >= 15 is 0 Å². The van der Waals surface area contributed by atoms with Crippen molar-refractivity contribution in [1.82, 2.24) is 10.2 Å². The zero-order valence-electron chi connectivity index (χ0n) is 27.9. The standard InChI is InChI=1S/C39H44ClN3O4S/c1-28-18-22-35(23-19-28)48(46,47)43(36-25-33(40)21-20-30(36)3)27-38(44)42(26-32-15-11-10-12-29(32)2)37(24-31-13-6-4-7-14-31)39(45)41-34-16-8-5-9-17-34/h4,6-7,10-15,18-23,25,34,37H,5,8-9,16-17,24,26-27H2,1-3H3,(H,41,45)/t37-/m1/s1.